The van der Waals surface area contributed by atoms with Crippen LogP contribution in [0.3, 0.4) is 0 Å². The van der Waals surface area contributed by atoms with Gasteiger partial charge < -0.3 is 19.8 Å². The largest absolute Gasteiger partial charge is 0.443 e. The highest BCUT2D eigenvalue weighted by Gasteiger charge is 2.17. The highest BCUT2D eigenvalue weighted by molar-refractivity contribution is 7.13. The SMILES string of the molecule is CCNC(=NCc1coc(-c2cccs2)n1)NCC(C)N1CCOCC1. The minimum Gasteiger partial charge on any atom is -0.443 e. The van der Waals surface area contributed by atoms with Gasteiger partial charge in [0.25, 0.3) is 0 Å². The number of aliphatic imine (C=N–C) groups is 1. The molecule has 1 aliphatic heterocycles. The predicted octanol–water partition coefficient (Wildman–Crippen LogP) is 2.18. The van der Waals surface area contributed by atoms with E-state index in [9.17, 15) is 0 Å². The van der Waals surface area contributed by atoms with Crippen LogP contribution >= 0.6 is 11.3 Å². The lowest BCUT2D eigenvalue weighted by molar-refractivity contribution is 0.0211. The molecule has 1 aliphatic rings. The first-order chi connectivity index (χ1) is 12.8. The number of aromatic nitrogens is 1. The maximum atomic E-state index is 5.55. The average Bonchev–Trinajstić information content (AvgIpc) is 3.36. The Morgan fingerprint density at radius 3 is 2.96 bits per heavy atom. The van der Waals surface area contributed by atoms with E-state index < -0.39 is 0 Å². The van der Waals surface area contributed by atoms with Gasteiger partial charge in [0.2, 0.25) is 5.89 Å². The maximum absolute atomic E-state index is 5.55. The number of thiophene rings is 1. The minimum absolute atomic E-state index is 0.431. The highest BCUT2D eigenvalue weighted by atomic mass is 32.1. The van der Waals surface area contributed by atoms with Crippen LogP contribution in [-0.4, -0.2) is 61.3 Å². The second-order valence-corrected chi connectivity index (χ2v) is 7.14. The summed E-state index contributed by atoms with van der Waals surface area (Å²) in [7, 11) is 0. The first-order valence-corrected chi connectivity index (χ1v) is 9.96. The van der Waals surface area contributed by atoms with Crippen molar-refractivity contribution in [1.29, 1.82) is 0 Å². The number of oxazole rings is 1. The Kier molecular flexibility index (Phi) is 7.04. The van der Waals surface area contributed by atoms with Crippen molar-refractivity contribution < 1.29 is 9.15 Å². The molecule has 142 valence electrons. The summed E-state index contributed by atoms with van der Waals surface area (Å²) in [5.74, 6) is 1.46. The van der Waals surface area contributed by atoms with Crippen LogP contribution in [0.2, 0.25) is 0 Å². The molecule has 7 nitrogen and oxygen atoms in total. The molecular formula is C18H27N5O2S. The maximum Gasteiger partial charge on any atom is 0.236 e. The lowest BCUT2D eigenvalue weighted by Gasteiger charge is -2.32. The first kappa shape index (κ1) is 18.9. The van der Waals surface area contributed by atoms with Crippen molar-refractivity contribution in [3.8, 4) is 10.8 Å². The molecule has 0 aromatic carbocycles. The van der Waals surface area contributed by atoms with E-state index in [4.69, 9.17) is 9.15 Å². The summed E-state index contributed by atoms with van der Waals surface area (Å²) in [5, 5.41) is 8.72. The molecule has 0 saturated carbocycles. The van der Waals surface area contributed by atoms with Crippen molar-refractivity contribution in [3.05, 3.63) is 29.5 Å². The molecule has 0 bridgehead atoms. The van der Waals surface area contributed by atoms with Gasteiger partial charge in [-0.3, -0.25) is 4.90 Å². The van der Waals surface area contributed by atoms with Crippen LogP contribution < -0.4 is 10.6 Å². The van der Waals surface area contributed by atoms with E-state index in [1.165, 1.54) is 0 Å². The van der Waals surface area contributed by atoms with Crippen LogP contribution in [0.4, 0.5) is 0 Å². The molecule has 2 aromatic rings. The number of nitrogens with one attached hydrogen (secondary N) is 2. The molecule has 3 heterocycles. The topological polar surface area (TPSA) is 74.9 Å². The predicted molar refractivity (Wildman–Crippen MR) is 104 cm³/mol. The van der Waals surface area contributed by atoms with E-state index in [-0.39, 0.29) is 0 Å². The fourth-order valence-electron chi connectivity index (χ4n) is 2.79. The lowest BCUT2D eigenvalue weighted by atomic mass is 10.2. The standard InChI is InChI=1S/C18H27N5O2S/c1-3-19-18(20-11-14(2)23-6-8-24-9-7-23)21-12-15-13-25-17(22-15)16-5-4-10-26-16/h4-5,10,13-14H,3,6-9,11-12H2,1-2H3,(H2,19,20,21). The third-order valence-electron chi connectivity index (χ3n) is 4.26. The molecule has 0 radical (unpaired) electrons. The van der Waals surface area contributed by atoms with Crippen molar-refractivity contribution in [3.63, 3.8) is 0 Å². The Labute approximate surface area is 158 Å². The van der Waals surface area contributed by atoms with Gasteiger partial charge in [0.15, 0.2) is 5.96 Å². The van der Waals surface area contributed by atoms with Gasteiger partial charge in [-0.25, -0.2) is 9.98 Å². The van der Waals surface area contributed by atoms with E-state index in [0.29, 0.717) is 18.5 Å². The number of guanidine groups is 1. The molecule has 2 N–H and O–H groups in total. The minimum atomic E-state index is 0.431. The van der Waals surface area contributed by atoms with Crippen LogP contribution in [0.1, 0.15) is 19.5 Å². The first-order valence-electron chi connectivity index (χ1n) is 9.08. The summed E-state index contributed by atoms with van der Waals surface area (Å²) in [6.45, 7) is 10.0. The fourth-order valence-corrected chi connectivity index (χ4v) is 3.44. The molecule has 1 saturated heterocycles. The summed E-state index contributed by atoms with van der Waals surface area (Å²) in [6.07, 6.45) is 1.68. The zero-order chi connectivity index (χ0) is 18.2. The van der Waals surface area contributed by atoms with Gasteiger partial charge in [0.05, 0.1) is 24.6 Å². The number of morpholine rings is 1. The lowest BCUT2D eigenvalue weighted by Crippen LogP contribution is -2.49. The van der Waals surface area contributed by atoms with Gasteiger partial charge in [-0.15, -0.1) is 11.3 Å². The van der Waals surface area contributed by atoms with Gasteiger partial charge in [-0.05, 0) is 25.3 Å². The summed E-state index contributed by atoms with van der Waals surface area (Å²) in [5.41, 5.74) is 0.826. The van der Waals surface area contributed by atoms with E-state index in [1.54, 1.807) is 17.6 Å². The van der Waals surface area contributed by atoms with Crippen LogP contribution in [0, 0.1) is 0 Å². The van der Waals surface area contributed by atoms with E-state index >= 15 is 0 Å². The Balaban J connectivity index is 1.53. The van der Waals surface area contributed by atoms with Gasteiger partial charge in [-0.2, -0.15) is 0 Å². The summed E-state index contributed by atoms with van der Waals surface area (Å²) in [6, 6.07) is 4.42. The van der Waals surface area contributed by atoms with Crippen LogP contribution in [0.5, 0.6) is 0 Å². The average molecular weight is 378 g/mol. The summed E-state index contributed by atoms with van der Waals surface area (Å²) < 4.78 is 11.0. The molecule has 2 aromatic heterocycles. The number of nitrogens with zero attached hydrogens (tertiary/aromatic N) is 3. The molecule has 0 aliphatic carbocycles. The van der Waals surface area contributed by atoms with E-state index in [1.807, 2.05) is 17.5 Å². The summed E-state index contributed by atoms with van der Waals surface area (Å²) in [4.78, 5) is 12.6. The second kappa shape index (κ2) is 9.70. The monoisotopic (exact) mass is 377 g/mol. The molecule has 3 rings (SSSR count). The van der Waals surface area contributed by atoms with Crippen molar-refractivity contribution in [1.82, 2.24) is 20.5 Å². The number of ether oxygens (including phenoxy) is 1. The smallest absolute Gasteiger partial charge is 0.236 e. The van der Waals surface area contributed by atoms with Gasteiger partial charge in [-0.1, -0.05) is 6.07 Å². The van der Waals surface area contributed by atoms with Crippen molar-refractivity contribution >= 4 is 17.3 Å². The van der Waals surface area contributed by atoms with E-state index in [0.717, 1.165) is 55.9 Å². The Bertz CT molecular complexity index is 680. The fraction of sp³-hybridized carbons (Fsp3) is 0.556. The second-order valence-electron chi connectivity index (χ2n) is 6.19. The number of rotatable bonds is 7. The van der Waals surface area contributed by atoms with Crippen LogP contribution in [0.25, 0.3) is 10.8 Å². The number of hydrogen-bond acceptors (Lipinski definition) is 6. The molecule has 8 heteroatoms. The number of hydrogen-bond donors (Lipinski definition) is 2. The highest BCUT2D eigenvalue weighted by Crippen LogP contribution is 2.23. The van der Waals surface area contributed by atoms with Crippen molar-refractivity contribution in [2.75, 3.05) is 39.4 Å². The molecule has 0 spiro atoms. The summed E-state index contributed by atoms with van der Waals surface area (Å²) >= 11 is 1.62. The Morgan fingerprint density at radius 2 is 2.23 bits per heavy atom. The zero-order valence-corrected chi connectivity index (χ0v) is 16.2. The van der Waals surface area contributed by atoms with Crippen molar-refractivity contribution in [2.45, 2.75) is 26.4 Å². The van der Waals surface area contributed by atoms with Crippen LogP contribution in [-0.2, 0) is 11.3 Å². The third kappa shape index (κ3) is 5.30. The van der Waals surface area contributed by atoms with Crippen molar-refractivity contribution in [2.24, 2.45) is 4.99 Å². The van der Waals surface area contributed by atoms with Gasteiger partial charge in [0, 0.05) is 32.2 Å². The quantitative estimate of drug-likeness (QED) is 0.569. The van der Waals surface area contributed by atoms with Gasteiger partial charge >= 0.3 is 0 Å². The Morgan fingerprint density at radius 1 is 1.38 bits per heavy atom. The van der Waals surface area contributed by atoms with E-state index in [2.05, 4.69) is 39.4 Å². The molecular weight excluding hydrogens is 350 g/mol. The Hall–Kier alpha value is -1.90. The molecule has 1 atom stereocenters. The van der Waals surface area contributed by atoms with Gasteiger partial charge in [0.1, 0.15) is 12.0 Å². The zero-order valence-electron chi connectivity index (χ0n) is 15.4. The third-order valence-corrected chi connectivity index (χ3v) is 5.12. The van der Waals surface area contributed by atoms with Crippen LogP contribution in [0.15, 0.2) is 33.2 Å². The molecule has 1 unspecified atom stereocenters. The molecule has 26 heavy (non-hydrogen) atoms. The normalized spacial score (nSPS) is 17.2. The molecule has 1 fully saturated rings. The molecule has 0 amide bonds.